The minimum absolute atomic E-state index is 0.309. The zero-order valence-corrected chi connectivity index (χ0v) is 18.9. The van der Waals surface area contributed by atoms with Gasteiger partial charge in [-0.2, -0.15) is 0 Å². The molecule has 0 saturated carbocycles. The smallest absolute Gasteiger partial charge is 0.222 e. The van der Waals surface area contributed by atoms with Gasteiger partial charge in [-0.15, -0.1) is 0 Å². The number of hydrogen-bond acceptors (Lipinski definition) is 3. The molecule has 0 radical (unpaired) electrons. The van der Waals surface area contributed by atoms with Gasteiger partial charge in [0.2, 0.25) is 5.91 Å². The molecule has 31 heavy (non-hydrogen) atoms. The summed E-state index contributed by atoms with van der Waals surface area (Å²) in [6.07, 6.45) is 8.80. The molecule has 0 aliphatic carbocycles. The predicted octanol–water partition coefficient (Wildman–Crippen LogP) is 3.09. The summed E-state index contributed by atoms with van der Waals surface area (Å²) >= 11 is 0. The number of guanidine groups is 1. The molecule has 2 heterocycles. The molecule has 1 fully saturated rings. The molecule has 1 saturated heterocycles. The van der Waals surface area contributed by atoms with E-state index in [1.807, 2.05) is 24.2 Å². The van der Waals surface area contributed by atoms with Crippen LogP contribution < -0.4 is 10.6 Å². The van der Waals surface area contributed by atoms with Crippen LogP contribution in [0.5, 0.6) is 0 Å². The zero-order valence-electron chi connectivity index (χ0n) is 18.9. The normalized spacial score (nSPS) is 15.1. The molecule has 168 valence electrons. The van der Waals surface area contributed by atoms with Crippen molar-refractivity contribution in [3.63, 3.8) is 0 Å². The Balaban J connectivity index is 1.49. The number of likely N-dealkylation sites (tertiary alicyclic amines) is 1. The van der Waals surface area contributed by atoms with Crippen LogP contribution in [-0.4, -0.2) is 52.5 Å². The lowest BCUT2D eigenvalue weighted by molar-refractivity contribution is -0.130. The van der Waals surface area contributed by atoms with Gasteiger partial charge in [-0.05, 0) is 44.2 Å². The molecule has 0 bridgehead atoms. The average molecular weight is 425 g/mol. The fourth-order valence-electron chi connectivity index (χ4n) is 3.86. The minimum Gasteiger partial charge on any atom is -0.357 e. The summed E-state index contributed by atoms with van der Waals surface area (Å²) in [5.74, 6) is 2.15. The van der Waals surface area contributed by atoms with Crippen molar-refractivity contribution in [1.82, 2.24) is 25.1 Å². The molecule has 1 amide bonds. The third kappa shape index (κ3) is 7.42. The van der Waals surface area contributed by atoms with E-state index in [1.54, 1.807) is 0 Å². The van der Waals surface area contributed by atoms with E-state index >= 15 is 0 Å². The Hall–Kier alpha value is -2.83. The number of rotatable bonds is 9. The molecule has 2 aromatic rings. The van der Waals surface area contributed by atoms with Crippen molar-refractivity contribution >= 4 is 11.9 Å². The zero-order chi connectivity index (χ0) is 21.9. The molecular formula is C24H36N6O. The number of imidazole rings is 1. The quantitative estimate of drug-likeness (QED) is 0.369. The molecule has 1 aliphatic heterocycles. The Labute approximate surface area is 186 Å². The van der Waals surface area contributed by atoms with Crippen LogP contribution in [0.4, 0.5) is 0 Å². The molecule has 7 heteroatoms. The molecule has 7 nitrogen and oxygen atoms in total. The van der Waals surface area contributed by atoms with Crippen LogP contribution in [0.25, 0.3) is 0 Å². The Morgan fingerprint density at radius 3 is 2.87 bits per heavy atom. The monoisotopic (exact) mass is 424 g/mol. The summed E-state index contributed by atoms with van der Waals surface area (Å²) in [6, 6.07) is 8.55. The van der Waals surface area contributed by atoms with Gasteiger partial charge in [0, 0.05) is 51.5 Å². The highest BCUT2D eigenvalue weighted by Crippen LogP contribution is 2.11. The number of amides is 1. The minimum atomic E-state index is 0.309. The number of aryl methyl sites for hydroxylation is 1. The van der Waals surface area contributed by atoms with E-state index in [2.05, 4.69) is 51.4 Å². The van der Waals surface area contributed by atoms with Crippen molar-refractivity contribution < 1.29 is 4.79 Å². The van der Waals surface area contributed by atoms with E-state index in [-0.39, 0.29) is 0 Å². The van der Waals surface area contributed by atoms with Crippen LogP contribution in [-0.2, 0) is 17.9 Å². The van der Waals surface area contributed by atoms with Crippen molar-refractivity contribution in [2.24, 2.45) is 4.99 Å². The first kappa shape index (κ1) is 22.8. The summed E-state index contributed by atoms with van der Waals surface area (Å²) in [7, 11) is 0. The molecule has 0 spiro atoms. The third-order valence-corrected chi connectivity index (χ3v) is 5.60. The van der Waals surface area contributed by atoms with Gasteiger partial charge in [-0.3, -0.25) is 4.79 Å². The second-order valence-corrected chi connectivity index (χ2v) is 8.09. The van der Waals surface area contributed by atoms with Crippen LogP contribution in [0.1, 0.15) is 56.0 Å². The van der Waals surface area contributed by atoms with Crippen molar-refractivity contribution in [3.8, 4) is 0 Å². The first-order valence-corrected chi connectivity index (χ1v) is 11.5. The van der Waals surface area contributed by atoms with Gasteiger partial charge in [-0.25, -0.2) is 9.98 Å². The Morgan fingerprint density at radius 1 is 1.19 bits per heavy atom. The lowest BCUT2D eigenvalue weighted by atomic mass is 10.1. The maximum Gasteiger partial charge on any atom is 0.222 e. The third-order valence-electron chi connectivity index (χ3n) is 5.60. The van der Waals surface area contributed by atoms with E-state index in [4.69, 9.17) is 4.99 Å². The molecule has 2 N–H and O–H groups in total. The maximum absolute atomic E-state index is 12.1. The van der Waals surface area contributed by atoms with Crippen molar-refractivity contribution in [1.29, 1.82) is 0 Å². The molecule has 3 rings (SSSR count). The number of carbonyl (C=O) groups excluding carboxylic acids is 1. The number of carbonyl (C=O) groups is 1. The largest absolute Gasteiger partial charge is 0.357 e. The highest BCUT2D eigenvalue weighted by atomic mass is 16.2. The van der Waals surface area contributed by atoms with Crippen LogP contribution in [0.3, 0.4) is 0 Å². The van der Waals surface area contributed by atoms with Gasteiger partial charge in [0.25, 0.3) is 0 Å². The van der Waals surface area contributed by atoms with Crippen molar-refractivity contribution in [3.05, 3.63) is 53.6 Å². The Bertz CT molecular complexity index is 859. The first-order valence-electron chi connectivity index (χ1n) is 11.5. The van der Waals surface area contributed by atoms with E-state index in [9.17, 15) is 4.79 Å². The van der Waals surface area contributed by atoms with Crippen LogP contribution >= 0.6 is 0 Å². The van der Waals surface area contributed by atoms with Crippen LogP contribution in [0.15, 0.2) is 41.7 Å². The van der Waals surface area contributed by atoms with E-state index in [0.29, 0.717) is 18.9 Å². The summed E-state index contributed by atoms with van der Waals surface area (Å²) in [5.41, 5.74) is 2.43. The lowest BCUT2D eigenvalue weighted by Gasteiger charge is -2.20. The maximum atomic E-state index is 12.1. The fourth-order valence-corrected chi connectivity index (χ4v) is 3.86. The number of nitrogens with one attached hydrogen (secondary N) is 2. The lowest BCUT2D eigenvalue weighted by Crippen LogP contribution is -2.39. The number of aliphatic imine (C=N–C) groups is 1. The van der Waals surface area contributed by atoms with Crippen molar-refractivity contribution in [2.45, 2.75) is 59.0 Å². The number of benzene rings is 1. The number of nitrogens with zero attached hydrogens (tertiary/aromatic N) is 4. The highest BCUT2D eigenvalue weighted by Gasteiger charge is 2.15. The van der Waals surface area contributed by atoms with Gasteiger partial charge in [0.15, 0.2) is 5.96 Å². The predicted molar refractivity (Wildman–Crippen MR) is 125 cm³/mol. The topological polar surface area (TPSA) is 74.6 Å². The van der Waals surface area contributed by atoms with E-state index < -0.39 is 0 Å². The summed E-state index contributed by atoms with van der Waals surface area (Å²) < 4.78 is 2.14. The summed E-state index contributed by atoms with van der Waals surface area (Å²) in [5, 5.41) is 6.72. The second-order valence-electron chi connectivity index (χ2n) is 8.09. The molecule has 0 unspecified atom stereocenters. The Kier molecular flexibility index (Phi) is 8.94. The molecular weight excluding hydrogens is 388 g/mol. The van der Waals surface area contributed by atoms with Gasteiger partial charge in [0.1, 0.15) is 5.82 Å². The van der Waals surface area contributed by atoms with E-state index in [0.717, 1.165) is 63.8 Å². The SMILES string of the molecule is CCNC(=NCc1cccc(Cn2ccnc2C)c1)NCCCN1CCCCCC1=O. The van der Waals surface area contributed by atoms with Crippen molar-refractivity contribution in [2.75, 3.05) is 26.2 Å². The number of aromatic nitrogens is 2. The van der Waals surface area contributed by atoms with Gasteiger partial charge in [0.05, 0.1) is 6.54 Å². The molecule has 0 atom stereocenters. The fraction of sp³-hybridized carbons (Fsp3) is 0.542. The highest BCUT2D eigenvalue weighted by molar-refractivity contribution is 5.79. The Morgan fingerprint density at radius 2 is 2.06 bits per heavy atom. The number of hydrogen-bond donors (Lipinski definition) is 2. The van der Waals surface area contributed by atoms with E-state index in [1.165, 1.54) is 17.5 Å². The van der Waals surface area contributed by atoms with Crippen LogP contribution in [0, 0.1) is 6.92 Å². The van der Waals surface area contributed by atoms with Gasteiger partial charge >= 0.3 is 0 Å². The second kappa shape index (κ2) is 12.1. The molecule has 1 aliphatic rings. The van der Waals surface area contributed by atoms with Gasteiger partial charge in [-0.1, -0.05) is 30.7 Å². The van der Waals surface area contributed by atoms with Crippen LogP contribution in [0.2, 0.25) is 0 Å². The molecule has 1 aromatic heterocycles. The summed E-state index contributed by atoms with van der Waals surface area (Å²) in [4.78, 5) is 23.2. The average Bonchev–Trinajstić information content (AvgIpc) is 3.05. The standard InChI is InChI=1S/C24H36N6O/c1-3-25-24(27-12-8-15-29-14-6-4-5-11-23(29)31)28-18-21-9-7-10-22(17-21)19-30-16-13-26-20(30)2/h7,9-10,13,16-17H,3-6,8,11-12,14-15,18-19H2,1-2H3,(H2,25,27,28). The summed E-state index contributed by atoms with van der Waals surface area (Å²) in [6.45, 7) is 8.87. The first-order chi connectivity index (χ1) is 15.2. The van der Waals surface area contributed by atoms with Gasteiger partial charge < -0.3 is 20.1 Å². The molecule has 1 aromatic carbocycles.